The lowest BCUT2D eigenvalue weighted by molar-refractivity contribution is -0.885. The second kappa shape index (κ2) is 10.1. The molecular formula is C19H21F3N3O2S+. The third-order valence-corrected chi connectivity index (χ3v) is 4.63. The fourth-order valence-corrected chi connectivity index (χ4v) is 2.89. The van der Waals surface area contributed by atoms with Crippen molar-refractivity contribution in [3.8, 4) is 0 Å². The molecule has 0 aliphatic rings. The summed E-state index contributed by atoms with van der Waals surface area (Å²) in [5.74, 6) is -5.62. The van der Waals surface area contributed by atoms with Crippen molar-refractivity contribution in [1.82, 2.24) is 5.32 Å². The molecule has 0 radical (unpaired) electrons. The van der Waals surface area contributed by atoms with Crippen LogP contribution in [-0.2, 0) is 16.1 Å². The van der Waals surface area contributed by atoms with Gasteiger partial charge in [-0.25, -0.2) is 13.2 Å². The van der Waals surface area contributed by atoms with E-state index in [1.165, 1.54) is 0 Å². The van der Waals surface area contributed by atoms with Crippen LogP contribution in [0.5, 0.6) is 0 Å². The molecule has 0 heterocycles. The molecule has 1 unspecified atom stereocenters. The lowest BCUT2D eigenvalue weighted by Gasteiger charge is -2.14. The molecule has 0 aliphatic carbocycles. The van der Waals surface area contributed by atoms with Crippen molar-refractivity contribution < 1.29 is 27.7 Å². The molecular weight excluding hydrogens is 391 g/mol. The number of quaternary nitrogens is 1. The number of rotatable bonds is 8. The van der Waals surface area contributed by atoms with Crippen LogP contribution in [0.1, 0.15) is 5.56 Å². The van der Waals surface area contributed by atoms with Gasteiger partial charge in [0.25, 0.3) is 5.91 Å². The zero-order valence-electron chi connectivity index (χ0n) is 15.4. The Balaban J connectivity index is 1.78. The van der Waals surface area contributed by atoms with Crippen LogP contribution in [0.15, 0.2) is 41.3 Å². The highest BCUT2D eigenvalue weighted by Crippen LogP contribution is 2.19. The standard InChI is InChI=1S/C19H20F3N3O2S/c1-25(10-12-3-5-13(28-2)6-4-12)11-17(27)23-9-16(26)24-15-8-7-14(20)18(21)19(15)22/h3-8H,9-11H2,1-2H3,(H,23,27)(H,24,26)/p+1. The second-order valence-electron chi connectivity index (χ2n) is 6.21. The Bertz CT molecular complexity index is 847. The highest BCUT2D eigenvalue weighted by molar-refractivity contribution is 7.98. The van der Waals surface area contributed by atoms with E-state index in [0.29, 0.717) is 12.6 Å². The molecule has 0 bridgehead atoms. The lowest BCUT2D eigenvalue weighted by atomic mass is 10.2. The summed E-state index contributed by atoms with van der Waals surface area (Å²) in [6, 6.07) is 9.63. The fourth-order valence-electron chi connectivity index (χ4n) is 2.49. The minimum Gasteiger partial charge on any atom is -0.342 e. The molecule has 0 aromatic heterocycles. The SMILES string of the molecule is CSc1ccc(C[NH+](C)CC(=O)NCC(=O)Nc2ccc(F)c(F)c2F)cc1. The summed E-state index contributed by atoms with van der Waals surface area (Å²) in [6.45, 7) is 0.360. The van der Waals surface area contributed by atoms with Gasteiger partial charge in [-0.1, -0.05) is 12.1 Å². The number of carbonyl (C=O) groups is 2. The van der Waals surface area contributed by atoms with Gasteiger partial charge in [-0.2, -0.15) is 0 Å². The molecule has 0 aliphatic heterocycles. The summed E-state index contributed by atoms with van der Waals surface area (Å²) in [4.78, 5) is 25.8. The maximum absolute atomic E-state index is 13.5. The first-order chi connectivity index (χ1) is 13.3. The molecule has 2 aromatic carbocycles. The monoisotopic (exact) mass is 412 g/mol. The number of hydrogen-bond donors (Lipinski definition) is 3. The average Bonchev–Trinajstić information content (AvgIpc) is 2.67. The topological polar surface area (TPSA) is 62.6 Å². The van der Waals surface area contributed by atoms with Crippen molar-refractivity contribution in [2.24, 2.45) is 0 Å². The first-order valence-electron chi connectivity index (χ1n) is 8.44. The van der Waals surface area contributed by atoms with Crippen molar-refractivity contribution in [2.75, 3.05) is 31.7 Å². The predicted molar refractivity (Wildman–Crippen MR) is 102 cm³/mol. The number of thioether (sulfide) groups is 1. The van der Waals surface area contributed by atoms with Gasteiger partial charge in [0.1, 0.15) is 6.54 Å². The highest BCUT2D eigenvalue weighted by atomic mass is 32.2. The van der Waals surface area contributed by atoms with Crippen molar-refractivity contribution >= 4 is 29.3 Å². The fraction of sp³-hybridized carbons (Fsp3) is 0.263. The van der Waals surface area contributed by atoms with Gasteiger partial charge in [-0.15, -0.1) is 11.8 Å². The number of nitrogens with one attached hydrogen (secondary N) is 3. The number of carbonyl (C=O) groups excluding carboxylic acids is 2. The van der Waals surface area contributed by atoms with Gasteiger partial charge in [0.15, 0.2) is 24.0 Å². The summed E-state index contributed by atoms with van der Waals surface area (Å²) in [6.07, 6.45) is 1.99. The largest absolute Gasteiger partial charge is 0.342 e. The van der Waals surface area contributed by atoms with Crippen LogP contribution in [0, 0.1) is 17.5 Å². The van der Waals surface area contributed by atoms with E-state index in [1.54, 1.807) is 11.8 Å². The van der Waals surface area contributed by atoms with E-state index in [9.17, 15) is 22.8 Å². The average molecular weight is 412 g/mol. The molecule has 3 N–H and O–H groups in total. The summed E-state index contributed by atoms with van der Waals surface area (Å²) in [5.41, 5.74) is 0.587. The normalized spacial score (nSPS) is 11.8. The molecule has 1 atom stereocenters. The van der Waals surface area contributed by atoms with Gasteiger partial charge in [-0.3, -0.25) is 9.59 Å². The van der Waals surface area contributed by atoms with Gasteiger partial charge < -0.3 is 15.5 Å². The summed E-state index contributed by atoms with van der Waals surface area (Å²) >= 11 is 1.65. The number of benzene rings is 2. The highest BCUT2D eigenvalue weighted by Gasteiger charge is 2.16. The maximum Gasteiger partial charge on any atom is 0.275 e. The van der Waals surface area contributed by atoms with Crippen molar-refractivity contribution in [3.63, 3.8) is 0 Å². The Labute approximate surface area is 165 Å². The van der Waals surface area contributed by atoms with Crippen LogP contribution in [0.3, 0.4) is 0 Å². The van der Waals surface area contributed by atoms with Gasteiger partial charge >= 0.3 is 0 Å². The molecule has 150 valence electrons. The van der Waals surface area contributed by atoms with Crippen LogP contribution < -0.4 is 15.5 Å². The number of anilines is 1. The van der Waals surface area contributed by atoms with Crippen LogP contribution >= 0.6 is 11.8 Å². The van der Waals surface area contributed by atoms with E-state index in [1.807, 2.05) is 37.6 Å². The van der Waals surface area contributed by atoms with E-state index >= 15 is 0 Å². The second-order valence-corrected chi connectivity index (χ2v) is 7.09. The molecule has 9 heteroatoms. The van der Waals surface area contributed by atoms with Crippen molar-refractivity contribution in [1.29, 1.82) is 0 Å². The number of likely N-dealkylation sites (N-methyl/N-ethyl adjacent to an activating group) is 1. The van der Waals surface area contributed by atoms with Crippen LogP contribution in [-0.4, -0.2) is 38.2 Å². The van der Waals surface area contributed by atoms with Crippen molar-refractivity contribution in [2.45, 2.75) is 11.4 Å². The number of hydrogen-bond acceptors (Lipinski definition) is 3. The molecule has 5 nitrogen and oxygen atoms in total. The Hall–Kier alpha value is -2.52. The van der Waals surface area contributed by atoms with E-state index in [4.69, 9.17) is 0 Å². The smallest absolute Gasteiger partial charge is 0.275 e. The van der Waals surface area contributed by atoms with Gasteiger partial charge in [0, 0.05) is 10.5 Å². The zero-order valence-corrected chi connectivity index (χ0v) is 16.3. The molecule has 2 aromatic rings. The van der Waals surface area contributed by atoms with E-state index in [-0.39, 0.29) is 12.5 Å². The van der Waals surface area contributed by atoms with E-state index in [2.05, 4.69) is 10.6 Å². The Kier molecular flexibility index (Phi) is 7.89. The molecule has 28 heavy (non-hydrogen) atoms. The number of halogens is 3. The van der Waals surface area contributed by atoms with Crippen LogP contribution in [0.2, 0.25) is 0 Å². The van der Waals surface area contributed by atoms with Gasteiger partial charge in [0.05, 0.1) is 19.3 Å². The third-order valence-electron chi connectivity index (χ3n) is 3.88. The molecule has 2 rings (SSSR count). The molecule has 0 fully saturated rings. The maximum atomic E-state index is 13.5. The minimum absolute atomic E-state index is 0.136. The molecule has 2 amide bonds. The van der Waals surface area contributed by atoms with E-state index in [0.717, 1.165) is 21.4 Å². The third kappa shape index (κ3) is 6.28. The number of amides is 2. The quantitative estimate of drug-likeness (QED) is 0.456. The minimum atomic E-state index is -1.67. The van der Waals surface area contributed by atoms with Gasteiger partial charge in [0.2, 0.25) is 5.91 Å². The first-order valence-corrected chi connectivity index (χ1v) is 9.67. The first kappa shape index (κ1) is 21.8. The molecule has 0 saturated heterocycles. The van der Waals surface area contributed by atoms with Crippen LogP contribution in [0.4, 0.5) is 18.9 Å². The lowest BCUT2D eigenvalue weighted by Crippen LogP contribution is -3.08. The summed E-state index contributed by atoms with van der Waals surface area (Å²) in [5, 5.41) is 4.51. The summed E-state index contributed by atoms with van der Waals surface area (Å²) < 4.78 is 39.6. The Morgan fingerprint density at radius 2 is 1.68 bits per heavy atom. The molecule has 0 saturated carbocycles. The van der Waals surface area contributed by atoms with Crippen LogP contribution in [0.25, 0.3) is 0 Å². The molecule has 0 spiro atoms. The zero-order chi connectivity index (χ0) is 20.7. The summed E-state index contributed by atoms with van der Waals surface area (Å²) in [7, 11) is 1.85. The van der Waals surface area contributed by atoms with Crippen molar-refractivity contribution in [3.05, 3.63) is 59.4 Å². The Morgan fingerprint density at radius 1 is 1.00 bits per heavy atom. The van der Waals surface area contributed by atoms with Gasteiger partial charge in [-0.05, 0) is 30.5 Å². The Morgan fingerprint density at radius 3 is 2.32 bits per heavy atom. The van der Waals surface area contributed by atoms with E-state index < -0.39 is 35.6 Å². The predicted octanol–water partition coefficient (Wildman–Crippen LogP) is 1.60.